The Bertz CT molecular complexity index is 466. The van der Waals surface area contributed by atoms with Gasteiger partial charge >= 0.3 is 18.9 Å². The summed E-state index contributed by atoms with van der Waals surface area (Å²) < 4.78 is 4.94. The second-order valence-corrected chi connectivity index (χ2v) is 10.5. The maximum Gasteiger partial charge on any atom is 1.00 e. The van der Waals surface area contributed by atoms with Crippen LogP contribution < -0.4 is 35.2 Å². The number of ether oxygens (including phenoxy) is 1. The van der Waals surface area contributed by atoms with Crippen LogP contribution in [0.3, 0.4) is 0 Å². The molecule has 0 aromatic rings. The summed E-state index contributed by atoms with van der Waals surface area (Å²) in [7, 11) is 5.20. The molecule has 0 spiro atoms. The molecule has 1 rings (SSSR count). The van der Waals surface area contributed by atoms with Gasteiger partial charge in [-0.2, -0.15) is 0 Å². The average molecular weight is 663 g/mol. The van der Waals surface area contributed by atoms with Gasteiger partial charge in [-0.15, -0.1) is 0 Å². The van der Waals surface area contributed by atoms with Crippen molar-refractivity contribution in [2.75, 3.05) is 60.5 Å². The van der Waals surface area contributed by atoms with E-state index in [1.165, 1.54) is 110 Å². The molecule has 0 aromatic heterocycles. The van der Waals surface area contributed by atoms with Gasteiger partial charge in [-0.25, -0.2) is 0 Å². The molecule has 0 unspecified atom stereocenters. The van der Waals surface area contributed by atoms with Crippen LogP contribution >= 0.6 is 11.6 Å². The molecule has 266 valence electrons. The largest absolute Gasteiger partial charge is 1.00 e. The number of nitrogens with two attached hydrogens (primary N) is 1. The van der Waals surface area contributed by atoms with E-state index in [9.17, 15) is 9.59 Å². The summed E-state index contributed by atoms with van der Waals surface area (Å²) in [6, 6.07) is 0. The van der Waals surface area contributed by atoms with Crippen molar-refractivity contribution in [3.8, 4) is 0 Å². The summed E-state index contributed by atoms with van der Waals surface area (Å²) in [6.07, 6.45) is 19.9. The Morgan fingerprint density at radius 3 is 1.36 bits per heavy atom. The molecule has 1 saturated heterocycles. The quantitative estimate of drug-likeness (QED) is 0.109. The van der Waals surface area contributed by atoms with Crippen LogP contribution in [0.1, 0.15) is 152 Å². The Hall–Kier alpha value is 0.400. The molecule has 1 fully saturated rings. The number of amides is 1. The number of unbranched alkanes of at least 4 members (excludes halogenated alkanes) is 10. The van der Waals surface area contributed by atoms with Gasteiger partial charge < -0.3 is 27.4 Å². The summed E-state index contributed by atoms with van der Waals surface area (Å²) >= 11 is 5.12. The first-order valence-corrected chi connectivity index (χ1v) is 17.6. The fourth-order valence-electron chi connectivity index (χ4n) is 3.61. The van der Waals surface area contributed by atoms with Crippen molar-refractivity contribution >= 4 is 40.1 Å². The van der Waals surface area contributed by atoms with Gasteiger partial charge in [0.25, 0.3) is 0 Å². The molecule has 1 aliphatic rings. The molecule has 7 nitrogen and oxygen atoms in total. The molecule has 0 aromatic carbocycles. The minimum Gasteiger partial charge on any atom is -1.00 e. The fourth-order valence-corrected chi connectivity index (χ4v) is 3.75. The van der Waals surface area contributed by atoms with Crippen LogP contribution in [0.2, 0.25) is 0 Å². The van der Waals surface area contributed by atoms with E-state index in [4.69, 9.17) is 16.3 Å². The fraction of sp³-hybridized carbons (Fsp3) is 0.941. The minimum atomic E-state index is -0.203. The number of hydrogen-bond acceptors (Lipinski definition) is 6. The summed E-state index contributed by atoms with van der Waals surface area (Å²) in [5, 5.41) is 5.54. The van der Waals surface area contributed by atoms with Crippen LogP contribution in [-0.4, -0.2) is 93.9 Å². The number of carbonyl (C=O) groups excluding carboxylic acids is 2. The van der Waals surface area contributed by atoms with Gasteiger partial charge in [-0.1, -0.05) is 106 Å². The zero-order chi connectivity index (χ0) is 33.1. The van der Waals surface area contributed by atoms with Crippen LogP contribution in [0.25, 0.3) is 0 Å². The second-order valence-electron chi connectivity index (χ2n) is 10.1. The van der Waals surface area contributed by atoms with E-state index in [0.717, 1.165) is 32.5 Å². The van der Waals surface area contributed by atoms with Gasteiger partial charge in [0.05, 0.1) is 0 Å². The zero-order valence-electron chi connectivity index (χ0n) is 31.9. The van der Waals surface area contributed by atoms with E-state index in [2.05, 4.69) is 62.8 Å². The monoisotopic (exact) mass is 663 g/mol. The summed E-state index contributed by atoms with van der Waals surface area (Å²) in [6.45, 7) is 19.9. The first kappa shape index (κ1) is 59.8. The number of carbonyl (C=O) groups is 2. The Labute approximate surface area is 305 Å². The maximum atomic E-state index is 10.7. The van der Waals surface area contributed by atoms with Crippen molar-refractivity contribution in [3.05, 3.63) is 0 Å². The van der Waals surface area contributed by atoms with Crippen LogP contribution in [0.15, 0.2) is 0 Å². The Morgan fingerprint density at radius 1 is 0.705 bits per heavy atom. The number of hydrogen-bond donors (Lipinski definition) is 3. The zero-order valence-corrected chi connectivity index (χ0v) is 31.6. The standard InChI is InChI=1S/C8H17NO.C8H19N.C7H13ClO.C6H15N.C4H8O.CH5N.Al.Li.4H/c1-3-4-5-6-7-8(10)9-2;1-3-4-5-6-7-8-9-2;1-2-3-4-5-6-7(8)9;1-4-7(5-2)6-3;1-2-4-5-3-1;1-2;;;;;;/h3-7H2,1-2H3,(H,9,10);9H,3-8H2,1-2H3;2-6H2,1H3;4-6H2,1-3H3;1-4H2;2H2,1H3;;;;;;/q;;;;;;;+1;;;;-1. The van der Waals surface area contributed by atoms with E-state index in [1.54, 1.807) is 7.05 Å². The molecule has 0 saturated carbocycles. The summed E-state index contributed by atoms with van der Waals surface area (Å²) in [5.74, 6) is 0.163. The number of nitrogens with zero attached hydrogens (tertiary/aromatic N) is 1. The third-order valence-electron chi connectivity index (χ3n) is 6.46. The smallest absolute Gasteiger partial charge is 1.00 e. The summed E-state index contributed by atoms with van der Waals surface area (Å²) in [4.78, 5) is 23.2. The topological polar surface area (TPSA) is 96.7 Å². The molecular formula is C34H81AlClLiN4O3. The van der Waals surface area contributed by atoms with Crippen molar-refractivity contribution < 1.29 is 34.6 Å². The predicted molar refractivity (Wildman–Crippen MR) is 200 cm³/mol. The number of nitrogens with one attached hydrogen (secondary N) is 2. The molecule has 4 N–H and O–H groups in total. The molecule has 0 aliphatic carbocycles. The Morgan fingerprint density at radius 2 is 1.09 bits per heavy atom. The van der Waals surface area contributed by atoms with Gasteiger partial charge in [0.15, 0.2) is 17.4 Å². The van der Waals surface area contributed by atoms with Gasteiger partial charge in [-0.05, 0) is 84.0 Å². The Balaban J connectivity index is -0.0000000621. The van der Waals surface area contributed by atoms with Crippen molar-refractivity contribution in [3.63, 3.8) is 0 Å². The minimum absolute atomic E-state index is 0. The van der Waals surface area contributed by atoms with Crippen molar-refractivity contribution in [2.24, 2.45) is 5.73 Å². The molecule has 1 amide bonds. The van der Waals surface area contributed by atoms with E-state index < -0.39 is 0 Å². The normalized spacial score (nSPS) is 10.6. The number of rotatable bonds is 19. The molecule has 44 heavy (non-hydrogen) atoms. The summed E-state index contributed by atoms with van der Waals surface area (Å²) in [5.41, 5.74) is 4.50. The molecule has 0 bridgehead atoms. The van der Waals surface area contributed by atoms with Gasteiger partial charge in [-0.3, -0.25) is 9.59 Å². The van der Waals surface area contributed by atoms with Crippen LogP contribution in [0, 0.1) is 0 Å². The number of halogens is 1. The van der Waals surface area contributed by atoms with E-state index >= 15 is 0 Å². The van der Waals surface area contributed by atoms with Gasteiger partial charge in [0, 0.05) is 33.1 Å². The van der Waals surface area contributed by atoms with Crippen molar-refractivity contribution in [2.45, 2.75) is 151 Å². The predicted octanol–water partition coefficient (Wildman–Crippen LogP) is 4.25. The molecular weight excluding hydrogens is 582 g/mol. The molecule has 10 heteroatoms. The van der Waals surface area contributed by atoms with E-state index in [1.807, 2.05) is 7.05 Å². The van der Waals surface area contributed by atoms with E-state index in [-0.39, 0.29) is 48.8 Å². The van der Waals surface area contributed by atoms with Gasteiger partial charge in [0.1, 0.15) is 0 Å². The van der Waals surface area contributed by atoms with Crippen LogP contribution in [0.5, 0.6) is 0 Å². The molecule has 0 atom stereocenters. The SMILES string of the molecule is C1CCOC1.CCCCCCC(=O)Cl.CCCCCCC(=O)NC.CCCCCCCNC.CCN(CC)CC.CN.[AlH3].[H-].[Li+]. The van der Waals surface area contributed by atoms with Crippen molar-refractivity contribution in [1.29, 1.82) is 0 Å². The molecule has 1 heterocycles. The van der Waals surface area contributed by atoms with Crippen molar-refractivity contribution in [1.82, 2.24) is 15.5 Å². The maximum absolute atomic E-state index is 10.7. The first-order chi connectivity index (χ1) is 20.3. The molecule has 0 radical (unpaired) electrons. The second kappa shape index (κ2) is 62.3. The van der Waals surface area contributed by atoms with Crippen LogP contribution in [-0.2, 0) is 14.3 Å². The third kappa shape index (κ3) is 73.7. The average Bonchev–Trinajstić information content (AvgIpc) is 3.61. The van der Waals surface area contributed by atoms with E-state index in [0.29, 0.717) is 12.8 Å². The van der Waals surface area contributed by atoms with Gasteiger partial charge in [0.2, 0.25) is 11.1 Å². The third-order valence-corrected chi connectivity index (χ3v) is 6.65. The Kier molecular flexibility index (Phi) is 84.6. The first-order valence-electron chi connectivity index (χ1n) is 17.3. The van der Waals surface area contributed by atoms with Crippen LogP contribution in [0.4, 0.5) is 0 Å². The molecule has 1 aliphatic heterocycles.